The van der Waals surface area contributed by atoms with Crippen molar-refractivity contribution in [3.05, 3.63) is 152 Å². The number of pyridine rings is 2. The number of allylic oxidation sites excluding steroid dienone is 4. The van der Waals surface area contributed by atoms with Crippen molar-refractivity contribution in [1.82, 2.24) is 9.97 Å². The Balaban J connectivity index is 0.000000191. The van der Waals surface area contributed by atoms with E-state index in [1.165, 1.54) is 12.1 Å². The van der Waals surface area contributed by atoms with Gasteiger partial charge in [0, 0.05) is 86.6 Å². The molecule has 13 heteroatoms. The lowest BCUT2D eigenvalue weighted by Gasteiger charge is -2.38. The molecule has 3 heterocycles. The molecule has 8 rings (SSSR count). The highest BCUT2D eigenvalue weighted by Crippen LogP contribution is 2.55. The van der Waals surface area contributed by atoms with Crippen LogP contribution in [0.3, 0.4) is 0 Å². The second-order valence-electron chi connectivity index (χ2n) is 15.5. The van der Waals surface area contributed by atoms with Crippen LogP contribution < -0.4 is 0 Å². The molecule has 4 aromatic rings. The van der Waals surface area contributed by atoms with Gasteiger partial charge >= 0.3 is 12.4 Å². The molecule has 59 heavy (non-hydrogen) atoms. The molecule has 1 saturated carbocycles. The molecule has 3 aliphatic carbocycles. The molecular formula is C46H42F6N2O5. The van der Waals surface area contributed by atoms with Crippen LogP contribution in [0.25, 0.3) is 0 Å². The van der Waals surface area contributed by atoms with Gasteiger partial charge in [0.15, 0.2) is 23.1 Å². The van der Waals surface area contributed by atoms with Gasteiger partial charge in [0.1, 0.15) is 0 Å². The molecule has 0 bridgehead atoms. The molecule has 0 N–H and O–H groups in total. The van der Waals surface area contributed by atoms with Crippen molar-refractivity contribution in [2.24, 2.45) is 10.8 Å². The Hall–Kier alpha value is -5.56. The van der Waals surface area contributed by atoms with Crippen LogP contribution in [0.4, 0.5) is 26.3 Å². The molecule has 2 aromatic carbocycles. The summed E-state index contributed by atoms with van der Waals surface area (Å²) < 4.78 is 81.9. The molecule has 1 saturated heterocycles. The first-order valence-electron chi connectivity index (χ1n) is 19.3. The third kappa shape index (κ3) is 9.05. The summed E-state index contributed by atoms with van der Waals surface area (Å²) in [7, 11) is 0. The Morgan fingerprint density at radius 3 is 1.36 bits per heavy atom. The number of ketones is 4. The monoisotopic (exact) mass is 816 g/mol. The summed E-state index contributed by atoms with van der Waals surface area (Å²) in [5, 5.41) is 0. The predicted octanol–water partition coefficient (Wildman–Crippen LogP) is 10.7. The Morgan fingerprint density at radius 1 is 0.576 bits per heavy atom. The van der Waals surface area contributed by atoms with E-state index in [1.807, 2.05) is 20.8 Å². The van der Waals surface area contributed by atoms with Crippen LogP contribution in [0.5, 0.6) is 0 Å². The Kier molecular flexibility index (Phi) is 12.1. The molecule has 2 fully saturated rings. The van der Waals surface area contributed by atoms with Crippen LogP contribution in [-0.4, -0.2) is 46.3 Å². The Morgan fingerprint density at radius 2 is 0.983 bits per heavy atom. The zero-order valence-corrected chi connectivity index (χ0v) is 32.9. The van der Waals surface area contributed by atoms with Crippen molar-refractivity contribution in [1.29, 1.82) is 0 Å². The van der Waals surface area contributed by atoms with E-state index in [4.69, 9.17) is 4.74 Å². The second-order valence-corrected chi connectivity index (χ2v) is 15.5. The lowest BCUT2D eigenvalue weighted by Crippen LogP contribution is -2.40. The van der Waals surface area contributed by atoms with Gasteiger partial charge in [-0.1, -0.05) is 76.2 Å². The topological polar surface area (TPSA) is 103 Å². The number of nitrogens with zero attached hydrogens (tertiary/aromatic N) is 2. The number of benzene rings is 2. The predicted molar refractivity (Wildman–Crippen MR) is 207 cm³/mol. The number of ether oxygens (including phenoxy) is 1. The van der Waals surface area contributed by atoms with E-state index in [0.29, 0.717) is 82.0 Å². The summed E-state index contributed by atoms with van der Waals surface area (Å²) in [5.41, 5.74) is 1.60. The summed E-state index contributed by atoms with van der Waals surface area (Å²) in [4.78, 5) is 60.2. The van der Waals surface area contributed by atoms with Crippen molar-refractivity contribution in [2.45, 2.75) is 78.6 Å². The second kappa shape index (κ2) is 16.6. The molecule has 4 aliphatic rings. The Bertz CT molecular complexity index is 2350. The number of carbonyl (C=O) groups is 4. The average Bonchev–Trinajstić information content (AvgIpc) is 3.96. The number of halogens is 6. The Labute approximate surface area is 337 Å². The third-order valence-corrected chi connectivity index (χ3v) is 11.1. The minimum atomic E-state index is -4.48. The van der Waals surface area contributed by atoms with E-state index in [-0.39, 0.29) is 46.8 Å². The maximum Gasteiger partial charge on any atom is 0.417 e. The van der Waals surface area contributed by atoms with Gasteiger partial charge in [0.2, 0.25) is 0 Å². The molecular weight excluding hydrogens is 775 g/mol. The zero-order valence-electron chi connectivity index (χ0n) is 32.9. The standard InChI is InChI=1S/C23H20F3NO3.C21H16F3NO2.C2H6/c1-22(12-30-13-22)9-8-18-19(10-15-7-6-14(11-27-15)23(24,25)26)21(29)17-5-3-2-4-16(17)20(18)28;1-20(8-9-20)17-16(10-13-7-6-12(11-25-13)21(22,23)24)18(26)14-4-2-3-5-15(14)19(17)27;1-2/h2-7,11H,8-10,12-13H2,1H3;2-7,11H,8-10H2,1H3;1-2H3. The van der Waals surface area contributed by atoms with Crippen molar-refractivity contribution in [3.63, 3.8) is 0 Å². The van der Waals surface area contributed by atoms with E-state index >= 15 is 0 Å². The first-order chi connectivity index (χ1) is 27.9. The number of rotatable bonds is 8. The van der Waals surface area contributed by atoms with E-state index in [0.717, 1.165) is 37.4 Å². The molecule has 7 nitrogen and oxygen atoms in total. The van der Waals surface area contributed by atoms with Crippen molar-refractivity contribution < 1.29 is 50.3 Å². The molecule has 308 valence electrons. The quantitative estimate of drug-likeness (QED) is 0.163. The maximum atomic E-state index is 13.2. The minimum absolute atomic E-state index is 0.0135. The fraction of sp³-hybridized carbons (Fsp3) is 0.348. The number of aromatic nitrogens is 2. The van der Waals surface area contributed by atoms with Crippen LogP contribution in [-0.2, 0) is 29.9 Å². The number of Topliss-reactive ketones (excluding diaryl/α,β-unsaturated/α-hetero) is 4. The lowest BCUT2D eigenvalue weighted by atomic mass is 9.76. The first-order valence-corrected chi connectivity index (χ1v) is 19.3. The lowest BCUT2D eigenvalue weighted by molar-refractivity contribution is -0.138. The van der Waals surface area contributed by atoms with Crippen LogP contribution in [0, 0.1) is 10.8 Å². The van der Waals surface area contributed by atoms with Gasteiger partial charge in [-0.25, -0.2) is 0 Å². The summed E-state index contributed by atoms with van der Waals surface area (Å²) in [6.07, 6.45) is -4.65. The van der Waals surface area contributed by atoms with Gasteiger partial charge in [-0.05, 0) is 55.4 Å². The van der Waals surface area contributed by atoms with Gasteiger partial charge < -0.3 is 4.74 Å². The highest BCUT2D eigenvalue weighted by atomic mass is 19.4. The summed E-state index contributed by atoms with van der Waals surface area (Å²) in [5.74, 6) is -0.866. The molecule has 0 amide bonds. The molecule has 0 spiro atoms. The largest absolute Gasteiger partial charge is 0.417 e. The van der Waals surface area contributed by atoms with E-state index in [9.17, 15) is 45.5 Å². The molecule has 2 aromatic heterocycles. The number of alkyl halides is 6. The SMILES string of the molecule is CC.CC1(C2=C(Cc3ccc(C(F)(F)F)cn3)C(=O)c3ccccc3C2=O)CC1.CC1(CCC2=C(Cc3ccc(C(F)(F)F)cn3)C(=O)c3ccccc3C2=O)COC1. The molecule has 1 aliphatic heterocycles. The molecule has 0 radical (unpaired) electrons. The summed E-state index contributed by atoms with van der Waals surface area (Å²) in [6, 6.07) is 17.7. The van der Waals surface area contributed by atoms with Gasteiger partial charge in [-0.3, -0.25) is 29.1 Å². The van der Waals surface area contributed by atoms with Crippen LogP contribution in [0.15, 0.2) is 107 Å². The third-order valence-electron chi connectivity index (χ3n) is 11.1. The van der Waals surface area contributed by atoms with Crippen LogP contribution >= 0.6 is 0 Å². The fourth-order valence-corrected chi connectivity index (χ4v) is 7.38. The maximum absolute atomic E-state index is 13.2. The highest BCUT2D eigenvalue weighted by molar-refractivity contribution is 6.28. The number of carbonyl (C=O) groups excluding carboxylic acids is 4. The number of hydrogen-bond donors (Lipinski definition) is 0. The van der Waals surface area contributed by atoms with Crippen molar-refractivity contribution >= 4 is 23.1 Å². The fourth-order valence-electron chi connectivity index (χ4n) is 7.38. The van der Waals surface area contributed by atoms with E-state index in [1.54, 1.807) is 48.5 Å². The zero-order chi connectivity index (χ0) is 42.9. The first kappa shape index (κ1) is 43.0. The number of fused-ring (bicyclic) bond motifs is 2. The van der Waals surface area contributed by atoms with Gasteiger partial charge in [0.05, 0.1) is 24.3 Å². The molecule has 0 atom stereocenters. The normalized spacial score (nSPS) is 17.9. The number of hydrogen-bond acceptors (Lipinski definition) is 7. The average molecular weight is 817 g/mol. The van der Waals surface area contributed by atoms with E-state index < -0.39 is 23.5 Å². The van der Waals surface area contributed by atoms with Crippen molar-refractivity contribution in [2.75, 3.05) is 13.2 Å². The summed E-state index contributed by atoms with van der Waals surface area (Å²) in [6.45, 7) is 9.22. The van der Waals surface area contributed by atoms with Crippen LogP contribution in [0.1, 0.15) is 117 Å². The van der Waals surface area contributed by atoms with Crippen LogP contribution in [0.2, 0.25) is 0 Å². The summed E-state index contributed by atoms with van der Waals surface area (Å²) >= 11 is 0. The van der Waals surface area contributed by atoms with Gasteiger partial charge in [0.25, 0.3) is 0 Å². The van der Waals surface area contributed by atoms with Gasteiger partial charge in [-0.15, -0.1) is 0 Å². The highest BCUT2D eigenvalue weighted by Gasteiger charge is 2.49. The van der Waals surface area contributed by atoms with Crippen molar-refractivity contribution in [3.8, 4) is 0 Å². The van der Waals surface area contributed by atoms with E-state index in [2.05, 4.69) is 16.9 Å². The van der Waals surface area contributed by atoms with Gasteiger partial charge in [-0.2, -0.15) is 26.3 Å². The smallest absolute Gasteiger partial charge is 0.380 e. The molecule has 0 unspecified atom stereocenters. The minimum Gasteiger partial charge on any atom is -0.380 e.